The average molecular weight is 313 g/mol. The van der Waals surface area contributed by atoms with E-state index in [9.17, 15) is 0 Å². The molecule has 22 heavy (non-hydrogen) atoms. The molecule has 0 radical (unpaired) electrons. The highest BCUT2D eigenvalue weighted by molar-refractivity contribution is 7.13. The van der Waals surface area contributed by atoms with E-state index >= 15 is 0 Å². The lowest BCUT2D eigenvalue weighted by Crippen LogP contribution is -2.37. The van der Waals surface area contributed by atoms with E-state index in [1.165, 1.54) is 0 Å². The van der Waals surface area contributed by atoms with E-state index in [2.05, 4.69) is 35.7 Å². The van der Waals surface area contributed by atoms with Crippen LogP contribution < -0.4 is 5.32 Å². The third-order valence-corrected chi connectivity index (χ3v) is 4.57. The van der Waals surface area contributed by atoms with Crippen LogP contribution in [0.1, 0.15) is 17.9 Å². The fourth-order valence-electron chi connectivity index (χ4n) is 2.55. The zero-order chi connectivity index (χ0) is 14.8. The van der Waals surface area contributed by atoms with Gasteiger partial charge in [0.2, 0.25) is 0 Å². The Kier molecular flexibility index (Phi) is 3.61. The van der Waals surface area contributed by atoms with Crippen molar-refractivity contribution in [1.82, 2.24) is 35.0 Å². The monoisotopic (exact) mass is 313 g/mol. The summed E-state index contributed by atoms with van der Waals surface area (Å²) in [6.07, 6.45) is 7.15. The molecule has 8 heteroatoms. The molecule has 112 valence electrons. The molecule has 4 rings (SSSR count). The summed E-state index contributed by atoms with van der Waals surface area (Å²) in [6.45, 7) is 1.62. The number of rotatable bonds is 4. The zero-order valence-electron chi connectivity index (χ0n) is 11.9. The number of hydrogen-bond acceptors (Lipinski definition) is 7. The minimum Gasteiger partial charge on any atom is -0.306 e. The predicted octanol–water partition coefficient (Wildman–Crippen LogP) is 1.30. The van der Waals surface area contributed by atoms with Crippen molar-refractivity contribution in [2.75, 3.05) is 0 Å². The van der Waals surface area contributed by atoms with Gasteiger partial charge in [0.15, 0.2) is 10.8 Å². The summed E-state index contributed by atoms with van der Waals surface area (Å²) in [6, 6.07) is 2.22. The lowest BCUT2D eigenvalue weighted by molar-refractivity contribution is 0.357. The van der Waals surface area contributed by atoms with Gasteiger partial charge in [-0.3, -0.25) is 0 Å². The van der Waals surface area contributed by atoms with Gasteiger partial charge in [0.25, 0.3) is 0 Å². The molecule has 0 amide bonds. The van der Waals surface area contributed by atoms with Gasteiger partial charge in [-0.15, -0.1) is 11.3 Å². The molecule has 1 aliphatic rings. The van der Waals surface area contributed by atoms with Crippen LogP contribution >= 0.6 is 11.3 Å². The maximum Gasteiger partial charge on any atom is 0.188 e. The smallest absolute Gasteiger partial charge is 0.188 e. The Morgan fingerprint density at radius 3 is 3.09 bits per heavy atom. The van der Waals surface area contributed by atoms with Crippen molar-refractivity contribution in [1.29, 1.82) is 0 Å². The molecule has 4 heterocycles. The number of nitrogens with one attached hydrogen (secondary N) is 1. The summed E-state index contributed by atoms with van der Waals surface area (Å²) in [5, 5.41) is 10.7. The predicted molar refractivity (Wildman–Crippen MR) is 82.1 cm³/mol. The molecule has 0 fully saturated rings. The van der Waals surface area contributed by atoms with Crippen molar-refractivity contribution in [2.45, 2.75) is 32.0 Å². The number of fused-ring (bicyclic) bond motifs is 1. The van der Waals surface area contributed by atoms with Crippen molar-refractivity contribution < 1.29 is 0 Å². The van der Waals surface area contributed by atoms with E-state index in [1.54, 1.807) is 36.1 Å². The Balaban J connectivity index is 1.38. The Labute approximate surface area is 131 Å². The van der Waals surface area contributed by atoms with Crippen molar-refractivity contribution in [3.63, 3.8) is 0 Å². The van der Waals surface area contributed by atoms with E-state index in [1.807, 2.05) is 4.68 Å². The van der Waals surface area contributed by atoms with E-state index in [4.69, 9.17) is 0 Å². The van der Waals surface area contributed by atoms with Crippen molar-refractivity contribution >= 4 is 11.3 Å². The molecule has 1 N–H and O–H groups in total. The van der Waals surface area contributed by atoms with Gasteiger partial charge >= 0.3 is 0 Å². The molecule has 3 aromatic heterocycles. The van der Waals surface area contributed by atoms with Gasteiger partial charge in [-0.1, -0.05) is 0 Å². The third kappa shape index (κ3) is 2.75. The summed E-state index contributed by atoms with van der Waals surface area (Å²) in [5.74, 6) is 1.76. The van der Waals surface area contributed by atoms with Gasteiger partial charge in [0.05, 0.1) is 12.2 Å². The second kappa shape index (κ2) is 5.90. The fraction of sp³-hybridized carbons (Fsp3) is 0.357. The maximum atomic E-state index is 4.60. The van der Waals surface area contributed by atoms with Gasteiger partial charge < -0.3 is 5.32 Å². The van der Waals surface area contributed by atoms with E-state index in [0.29, 0.717) is 11.9 Å². The highest BCUT2D eigenvalue weighted by Gasteiger charge is 2.19. The minimum atomic E-state index is 0.410. The number of aromatic nitrogens is 6. The second-order valence-corrected chi connectivity index (χ2v) is 6.05. The van der Waals surface area contributed by atoms with E-state index < -0.39 is 0 Å². The first-order chi connectivity index (χ1) is 10.9. The SMILES string of the molecule is c1cnc(-c2nc(CN[C@H]3CCc4ncnn4C3)cs2)nc1. The molecule has 0 saturated heterocycles. The fourth-order valence-corrected chi connectivity index (χ4v) is 3.32. The molecule has 0 aromatic carbocycles. The quantitative estimate of drug-likeness (QED) is 0.782. The largest absolute Gasteiger partial charge is 0.306 e. The molecule has 3 aromatic rings. The first-order valence-electron chi connectivity index (χ1n) is 7.20. The molecule has 0 saturated carbocycles. The van der Waals surface area contributed by atoms with Crippen LogP contribution in [-0.4, -0.2) is 35.8 Å². The number of nitrogens with zero attached hydrogens (tertiary/aromatic N) is 6. The van der Waals surface area contributed by atoms with Gasteiger partial charge in [-0.05, 0) is 12.5 Å². The molecular formula is C14H15N7S. The maximum absolute atomic E-state index is 4.60. The summed E-state index contributed by atoms with van der Waals surface area (Å²) in [4.78, 5) is 17.3. The van der Waals surface area contributed by atoms with E-state index in [0.717, 1.165) is 42.5 Å². The highest BCUT2D eigenvalue weighted by atomic mass is 32.1. The lowest BCUT2D eigenvalue weighted by Gasteiger charge is -2.23. The lowest BCUT2D eigenvalue weighted by atomic mass is 10.1. The van der Waals surface area contributed by atoms with Crippen LogP contribution in [0.5, 0.6) is 0 Å². The third-order valence-electron chi connectivity index (χ3n) is 3.69. The molecule has 0 spiro atoms. The summed E-state index contributed by atoms with van der Waals surface area (Å²) in [5.41, 5.74) is 1.02. The molecule has 0 unspecified atom stereocenters. The average Bonchev–Trinajstić information content (AvgIpc) is 3.22. The highest BCUT2D eigenvalue weighted by Crippen LogP contribution is 2.20. The molecule has 7 nitrogen and oxygen atoms in total. The molecule has 0 bridgehead atoms. The zero-order valence-corrected chi connectivity index (χ0v) is 12.7. The van der Waals surface area contributed by atoms with Crippen molar-refractivity contribution in [2.24, 2.45) is 0 Å². The van der Waals surface area contributed by atoms with Crippen LogP contribution in [0.3, 0.4) is 0 Å². The van der Waals surface area contributed by atoms with Gasteiger partial charge in [0, 0.05) is 36.8 Å². The molecule has 1 atom stereocenters. The molecule has 1 aliphatic heterocycles. The van der Waals surface area contributed by atoms with Gasteiger partial charge in [-0.25, -0.2) is 24.6 Å². The van der Waals surface area contributed by atoms with Crippen LogP contribution in [0.4, 0.5) is 0 Å². The molecule has 0 aliphatic carbocycles. The molecular weight excluding hydrogens is 298 g/mol. The van der Waals surface area contributed by atoms with Crippen LogP contribution in [0.15, 0.2) is 30.2 Å². The standard InChI is InChI=1S/C14H15N7S/c1-4-15-13(16-5-1)14-20-11(8-22-14)6-17-10-2-3-12-18-9-19-21(12)7-10/h1,4-5,8-10,17H,2-3,6-7H2/t10-/m0/s1. The summed E-state index contributed by atoms with van der Waals surface area (Å²) < 4.78 is 1.98. The Hall–Kier alpha value is -2.19. The van der Waals surface area contributed by atoms with Crippen molar-refractivity contribution in [3.05, 3.63) is 41.7 Å². The van der Waals surface area contributed by atoms with Crippen LogP contribution in [0.25, 0.3) is 10.8 Å². The number of thiazole rings is 1. The topological polar surface area (TPSA) is 81.4 Å². The van der Waals surface area contributed by atoms with Gasteiger partial charge in [-0.2, -0.15) is 5.10 Å². The summed E-state index contributed by atoms with van der Waals surface area (Å²) >= 11 is 1.58. The van der Waals surface area contributed by atoms with Crippen LogP contribution in [0.2, 0.25) is 0 Å². The van der Waals surface area contributed by atoms with Gasteiger partial charge in [0.1, 0.15) is 12.2 Å². The normalized spacial score (nSPS) is 17.4. The van der Waals surface area contributed by atoms with Crippen LogP contribution in [0, 0.1) is 0 Å². The number of aryl methyl sites for hydroxylation is 1. The van der Waals surface area contributed by atoms with Crippen molar-refractivity contribution in [3.8, 4) is 10.8 Å². The first-order valence-corrected chi connectivity index (χ1v) is 8.08. The second-order valence-electron chi connectivity index (χ2n) is 5.19. The van der Waals surface area contributed by atoms with Crippen LogP contribution in [-0.2, 0) is 19.5 Å². The minimum absolute atomic E-state index is 0.410. The Morgan fingerprint density at radius 1 is 1.27 bits per heavy atom. The van der Waals surface area contributed by atoms with E-state index in [-0.39, 0.29) is 0 Å². The number of hydrogen-bond donors (Lipinski definition) is 1. The first kappa shape index (κ1) is 13.5. The Morgan fingerprint density at radius 2 is 2.18 bits per heavy atom. The Bertz CT molecular complexity index is 751. The summed E-state index contributed by atoms with van der Waals surface area (Å²) in [7, 11) is 0.